The molecule has 0 radical (unpaired) electrons. The molecule has 0 N–H and O–H groups in total. The quantitative estimate of drug-likeness (QED) is 0.471. The minimum Gasteiger partial charge on any atom is -0.297 e. The minimum absolute atomic E-state index is 0.122. The van der Waals surface area contributed by atoms with Crippen LogP contribution in [0.4, 0.5) is 0 Å². The Labute approximate surface area is 163 Å². The standard InChI is InChI=1S/C18H16N4OS3/c1-9-7-24-16(20-9)12(6-19)13(23)8-25-17-15-11-4-3-5-14(11)26-18(15)22-10(2)21-17/h7,12H,3-5,8H2,1-2H3/t12-/m1/s1. The molecule has 0 spiro atoms. The van der Waals surface area contributed by atoms with E-state index in [1.54, 1.807) is 11.3 Å². The average Bonchev–Trinajstić information content (AvgIpc) is 3.29. The number of nitriles is 1. The predicted octanol–water partition coefficient (Wildman–Crippen LogP) is 4.22. The van der Waals surface area contributed by atoms with E-state index in [2.05, 4.69) is 21.0 Å². The Hall–Kier alpha value is -1.82. The van der Waals surface area contributed by atoms with Gasteiger partial charge in [-0.3, -0.25) is 4.79 Å². The summed E-state index contributed by atoms with van der Waals surface area (Å²) in [5, 5.41) is 13.9. The topological polar surface area (TPSA) is 79.5 Å². The number of hydrogen-bond donors (Lipinski definition) is 0. The Morgan fingerprint density at radius 2 is 2.19 bits per heavy atom. The smallest absolute Gasteiger partial charge is 0.167 e. The number of thioether (sulfide) groups is 1. The molecular formula is C18H16N4OS3. The number of thiazole rings is 1. The van der Waals surface area contributed by atoms with E-state index in [-0.39, 0.29) is 11.5 Å². The molecule has 3 aromatic heterocycles. The Balaban J connectivity index is 1.60. The number of aryl methyl sites for hydroxylation is 4. The molecule has 3 heterocycles. The van der Waals surface area contributed by atoms with Crippen LogP contribution < -0.4 is 0 Å². The number of thiophene rings is 1. The molecule has 5 nitrogen and oxygen atoms in total. The molecular weight excluding hydrogens is 384 g/mol. The third kappa shape index (κ3) is 3.15. The lowest BCUT2D eigenvalue weighted by Crippen LogP contribution is -2.13. The highest BCUT2D eigenvalue weighted by Gasteiger charge is 2.26. The fourth-order valence-corrected chi connectivity index (χ4v) is 6.40. The Bertz CT molecular complexity index is 1050. The van der Waals surface area contributed by atoms with Gasteiger partial charge in [0.2, 0.25) is 0 Å². The van der Waals surface area contributed by atoms with Gasteiger partial charge in [-0.05, 0) is 38.7 Å². The van der Waals surface area contributed by atoms with Gasteiger partial charge >= 0.3 is 0 Å². The molecule has 0 unspecified atom stereocenters. The molecule has 4 rings (SSSR count). The highest BCUT2D eigenvalue weighted by atomic mass is 32.2. The third-order valence-corrected chi connectivity index (χ3v) is 7.54. The van der Waals surface area contributed by atoms with Crippen molar-refractivity contribution in [3.8, 4) is 6.07 Å². The zero-order valence-corrected chi connectivity index (χ0v) is 16.9. The van der Waals surface area contributed by atoms with E-state index in [1.807, 2.05) is 19.2 Å². The van der Waals surface area contributed by atoms with Gasteiger partial charge < -0.3 is 0 Å². The van der Waals surface area contributed by atoms with Crippen molar-refractivity contribution in [2.24, 2.45) is 0 Å². The summed E-state index contributed by atoms with van der Waals surface area (Å²) in [4.78, 5) is 28.5. The van der Waals surface area contributed by atoms with Crippen molar-refractivity contribution in [3.63, 3.8) is 0 Å². The first-order chi connectivity index (χ1) is 12.6. The van der Waals surface area contributed by atoms with Crippen molar-refractivity contribution in [2.75, 3.05) is 5.75 Å². The fraction of sp³-hybridized carbons (Fsp3) is 0.389. The van der Waals surface area contributed by atoms with Gasteiger partial charge in [-0.1, -0.05) is 11.8 Å². The number of nitrogens with zero attached hydrogens (tertiary/aromatic N) is 4. The average molecular weight is 401 g/mol. The van der Waals surface area contributed by atoms with Crippen molar-refractivity contribution in [1.82, 2.24) is 15.0 Å². The first-order valence-corrected chi connectivity index (χ1v) is 11.0. The largest absolute Gasteiger partial charge is 0.297 e. The molecule has 1 atom stereocenters. The molecule has 0 saturated carbocycles. The van der Waals surface area contributed by atoms with E-state index < -0.39 is 5.92 Å². The summed E-state index contributed by atoms with van der Waals surface area (Å²) >= 11 is 4.54. The zero-order valence-electron chi connectivity index (χ0n) is 14.4. The molecule has 0 saturated heterocycles. The first-order valence-electron chi connectivity index (χ1n) is 8.33. The van der Waals surface area contributed by atoms with Crippen LogP contribution in [0.1, 0.15) is 39.3 Å². The van der Waals surface area contributed by atoms with E-state index in [4.69, 9.17) is 0 Å². The second kappa shape index (κ2) is 7.06. The maximum atomic E-state index is 12.6. The summed E-state index contributed by atoms with van der Waals surface area (Å²) in [6, 6.07) is 2.11. The summed E-state index contributed by atoms with van der Waals surface area (Å²) in [6.45, 7) is 3.75. The monoisotopic (exact) mass is 400 g/mol. The highest BCUT2D eigenvalue weighted by molar-refractivity contribution is 8.00. The molecule has 1 aliphatic rings. The molecule has 0 aromatic carbocycles. The van der Waals surface area contributed by atoms with Crippen LogP contribution in [-0.4, -0.2) is 26.5 Å². The van der Waals surface area contributed by atoms with Crippen LogP contribution in [0.5, 0.6) is 0 Å². The van der Waals surface area contributed by atoms with Crippen LogP contribution in [0.25, 0.3) is 10.2 Å². The summed E-state index contributed by atoms with van der Waals surface area (Å²) in [5.41, 5.74) is 2.19. The van der Waals surface area contributed by atoms with Gasteiger partial charge in [0.1, 0.15) is 20.7 Å². The maximum absolute atomic E-state index is 12.6. The number of rotatable bonds is 5. The number of Topliss-reactive ketones (excluding diaryl/α,β-unsaturated/α-hetero) is 1. The van der Waals surface area contributed by atoms with Crippen LogP contribution in [0.3, 0.4) is 0 Å². The Morgan fingerprint density at radius 3 is 2.92 bits per heavy atom. The summed E-state index contributed by atoms with van der Waals surface area (Å²) in [5.74, 6) is 0.0169. The lowest BCUT2D eigenvalue weighted by atomic mass is 10.1. The Kier molecular flexibility index (Phi) is 4.78. The molecule has 0 bridgehead atoms. The summed E-state index contributed by atoms with van der Waals surface area (Å²) in [7, 11) is 0. The number of fused-ring (bicyclic) bond motifs is 3. The second-order valence-electron chi connectivity index (χ2n) is 6.26. The van der Waals surface area contributed by atoms with Crippen molar-refractivity contribution in [1.29, 1.82) is 5.26 Å². The van der Waals surface area contributed by atoms with Crippen LogP contribution in [-0.2, 0) is 17.6 Å². The van der Waals surface area contributed by atoms with Crippen LogP contribution in [0.15, 0.2) is 10.4 Å². The molecule has 0 amide bonds. The van der Waals surface area contributed by atoms with Gasteiger partial charge in [0.05, 0.1) is 11.8 Å². The number of aromatic nitrogens is 3. The normalized spacial score (nSPS) is 14.3. The maximum Gasteiger partial charge on any atom is 0.167 e. The summed E-state index contributed by atoms with van der Waals surface area (Å²) in [6.07, 6.45) is 3.34. The molecule has 1 aliphatic carbocycles. The Morgan fingerprint density at radius 1 is 1.35 bits per heavy atom. The predicted molar refractivity (Wildman–Crippen MR) is 105 cm³/mol. The first kappa shape index (κ1) is 17.6. The number of hydrogen-bond acceptors (Lipinski definition) is 8. The summed E-state index contributed by atoms with van der Waals surface area (Å²) < 4.78 is 0. The molecule has 8 heteroatoms. The molecule has 0 aliphatic heterocycles. The van der Waals surface area contributed by atoms with Crippen molar-refractivity contribution in [2.45, 2.75) is 44.1 Å². The molecule has 3 aromatic rings. The van der Waals surface area contributed by atoms with E-state index in [0.29, 0.717) is 5.01 Å². The van der Waals surface area contributed by atoms with Gasteiger partial charge in [-0.25, -0.2) is 15.0 Å². The van der Waals surface area contributed by atoms with Crippen molar-refractivity contribution in [3.05, 3.63) is 32.3 Å². The molecule has 132 valence electrons. The van der Waals surface area contributed by atoms with Crippen molar-refractivity contribution >= 4 is 50.4 Å². The van der Waals surface area contributed by atoms with Gasteiger partial charge in [-0.15, -0.1) is 22.7 Å². The van der Waals surface area contributed by atoms with Gasteiger partial charge in [0.15, 0.2) is 11.7 Å². The van der Waals surface area contributed by atoms with E-state index in [9.17, 15) is 10.1 Å². The third-order valence-electron chi connectivity index (χ3n) is 4.33. The molecule has 26 heavy (non-hydrogen) atoms. The lowest BCUT2D eigenvalue weighted by Gasteiger charge is -2.07. The number of ketones is 1. The zero-order chi connectivity index (χ0) is 18.3. The number of carbonyl (C=O) groups is 1. The van der Waals surface area contributed by atoms with E-state index in [0.717, 1.165) is 39.6 Å². The highest BCUT2D eigenvalue weighted by Crippen LogP contribution is 2.40. The van der Waals surface area contributed by atoms with Gasteiger partial charge in [0.25, 0.3) is 0 Å². The van der Waals surface area contributed by atoms with E-state index >= 15 is 0 Å². The van der Waals surface area contributed by atoms with Gasteiger partial charge in [-0.2, -0.15) is 5.26 Å². The molecule has 0 fully saturated rings. The van der Waals surface area contributed by atoms with Crippen LogP contribution >= 0.6 is 34.4 Å². The number of carbonyl (C=O) groups excluding carboxylic acids is 1. The van der Waals surface area contributed by atoms with E-state index in [1.165, 1.54) is 40.0 Å². The van der Waals surface area contributed by atoms with Crippen LogP contribution in [0, 0.1) is 25.2 Å². The second-order valence-corrected chi connectivity index (χ2v) is 9.20. The SMILES string of the molecule is Cc1csc([C@H](C#N)C(=O)CSc2nc(C)nc3sc4c(c23)CCC4)n1. The van der Waals surface area contributed by atoms with Gasteiger partial charge in [0, 0.05) is 21.3 Å². The van der Waals surface area contributed by atoms with Crippen LogP contribution in [0.2, 0.25) is 0 Å². The van der Waals surface area contributed by atoms with Crippen molar-refractivity contribution < 1.29 is 4.79 Å². The lowest BCUT2D eigenvalue weighted by molar-refractivity contribution is -0.116. The minimum atomic E-state index is -0.798. The fourth-order valence-electron chi connectivity index (χ4n) is 3.16.